The Morgan fingerprint density at radius 1 is 1.19 bits per heavy atom. The van der Waals surface area contributed by atoms with Crippen LogP contribution in [0.25, 0.3) is 5.69 Å². The standard InChI is InChI=1S/C21H19F4N5OS/c1-12-13(11-30(29-12)15-9-26-20(27-10-15)21(23,24)25)8-19(31)28-17-6-7-18(17)32-16-4-2-14(22)3-5-16/h2-5,9-11,17-18H,6-8H2,1H3,(H,28,31). The summed E-state index contributed by atoms with van der Waals surface area (Å²) in [7, 11) is 0. The quantitative estimate of drug-likeness (QED) is 0.555. The molecule has 6 nitrogen and oxygen atoms in total. The van der Waals surface area contributed by atoms with Crippen LogP contribution in [0.15, 0.2) is 47.8 Å². The Balaban J connectivity index is 1.35. The van der Waals surface area contributed by atoms with Crippen LogP contribution in [0.5, 0.6) is 0 Å². The van der Waals surface area contributed by atoms with E-state index in [1.807, 2.05) is 0 Å². The molecule has 0 aliphatic heterocycles. The molecule has 32 heavy (non-hydrogen) atoms. The highest BCUT2D eigenvalue weighted by Crippen LogP contribution is 2.37. The van der Waals surface area contributed by atoms with E-state index in [9.17, 15) is 22.4 Å². The summed E-state index contributed by atoms with van der Waals surface area (Å²) >= 11 is 1.61. The third-order valence-corrected chi connectivity index (χ3v) is 6.58. The Morgan fingerprint density at radius 3 is 2.47 bits per heavy atom. The Bertz CT molecular complexity index is 1100. The summed E-state index contributed by atoms with van der Waals surface area (Å²) in [4.78, 5) is 20.2. The van der Waals surface area contributed by atoms with Gasteiger partial charge in [0.25, 0.3) is 0 Å². The maximum Gasteiger partial charge on any atom is 0.451 e. The van der Waals surface area contributed by atoms with E-state index in [-0.39, 0.29) is 35.1 Å². The van der Waals surface area contributed by atoms with Crippen molar-refractivity contribution in [1.82, 2.24) is 25.1 Å². The maximum absolute atomic E-state index is 13.1. The zero-order valence-corrected chi connectivity index (χ0v) is 17.8. The highest BCUT2D eigenvalue weighted by atomic mass is 32.2. The largest absolute Gasteiger partial charge is 0.451 e. The minimum Gasteiger partial charge on any atom is -0.352 e. The van der Waals surface area contributed by atoms with Gasteiger partial charge in [-0.2, -0.15) is 18.3 Å². The van der Waals surface area contributed by atoms with Crippen LogP contribution in [0.4, 0.5) is 17.6 Å². The Hall–Kier alpha value is -2.95. The van der Waals surface area contributed by atoms with Gasteiger partial charge in [0.1, 0.15) is 11.5 Å². The molecule has 1 amide bonds. The van der Waals surface area contributed by atoms with Crippen LogP contribution in [0.2, 0.25) is 0 Å². The Kier molecular flexibility index (Phi) is 6.18. The smallest absolute Gasteiger partial charge is 0.352 e. The number of amides is 1. The van der Waals surface area contributed by atoms with Crippen molar-refractivity contribution in [1.29, 1.82) is 0 Å². The second kappa shape index (κ2) is 8.89. The van der Waals surface area contributed by atoms with Crippen LogP contribution in [0.1, 0.15) is 29.9 Å². The van der Waals surface area contributed by atoms with Crippen molar-refractivity contribution in [3.63, 3.8) is 0 Å². The summed E-state index contributed by atoms with van der Waals surface area (Å²) in [6.45, 7) is 1.72. The van der Waals surface area contributed by atoms with Gasteiger partial charge in [0, 0.05) is 27.9 Å². The summed E-state index contributed by atoms with van der Waals surface area (Å²) in [5.74, 6) is -1.67. The van der Waals surface area contributed by atoms with Crippen LogP contribution in [-0.2, 0) is 17.4 Å². The first-order valence-corrected chi connectivity index (χ1v) is 10.7. The van der Waals surface area contributed by atoms with Crippen LogP contribution >= 0.6 is 11.8 Å². The molecule has 4 rings (SSSR count). The molecule has 0 saturated heterocycles. The van der Waals surface area contributed by atoms with Crippen molar-refractivity contribution in [2.75, 3.05) is 0 Å². The number of halogens is 4. The number of nitrogens with zero attached hydrogens (tertiary/aromatic N) is 4. The van der Waals surface area contributed by atoms with Crippen molar-refractivity contribution >= 4 is 17.7 Å². The zero-order valence-electron chi connectivity index (χ0n) is 16.9. The number of carbonyl (C=O) groups is 1. The fourth-order valence-corrected chi connectivity index (χ4v) is 4.55. The third kappa shape index (κ3) is 5.09. The van der Waals surface area contributed by atoms with E-state index in [0.29, 0.717) is 11.3 Å². The van der Waals surface area contributed by atoms with E-state index in [1.54, 1.807) is 37.0 Å². The van der Waals surface area contributed by atoms with Gasteiger partial charge in [-0.1, -0.05) is 0 Å². The molecule has 1 aliphatic carbocycles. The zero-order chi connectivity index (χ0) is 22.9. The molecular weight excluding hydrogens is 446 g/mol. The molecule has 2 atom stereocenters. The summed E-state index contributed by atoms with van der Waals surface area (Å²) in [6.07, 6.45) is 0.972. The first-order chi connectivity index (χ1) is 15.2. The van der Waals surface area contributed by atoms with Gasteiger partial charge in [-0.3, -0.25) is 4.79 Å². The molecule has 1 saturated carbocycles. The normalized spacial score (nSPS) is 18.3. The van der Waals surface area contributed by atoms with Gasteiger partial charge in [-0.15, -0.1) is 11.8 Å². The number of aromatic nitrogens is 4. The predicted octanol–water partition coefficient (Wildman–Crippen LogP) is 4.11. The Morgan fingerprint density at radius 2 is 1.88 bits per heavy atom. The van der Waals surface area contributed by atoms with E-state index >= 15 is 0 Å². The first kappa shape index (κ1) is 22.3. The summed E-state index contributed by atoms with van der Waals surface area (Å²) < 4.78 is 52.3. The maximum atomic E-state index is 13.1. The fourth-order valence-electron chi connectivity index (χ4n) is 3.28. The van der Waals surface area contributed by atoms with Gasteiger partial charge >= 0.3 is 6.18 Å². The minimum absolute atomic E-state index is 0.0243. The van der Waals surface area contributed by atoms with Gasteiger partial charge in [0.15, 0.2) is 0 Å². The topological polar surface area (TPSA) is 72.7 Å². The molecule has 0 spiro atoms. The van der Waals surface area contributed by atoms with E-state index in [4.69, 9.17) is 0 Å². The number of alkyl halides is 3. The van der Waals surface area contributed by atoms with Gasteiger partial charge < -0.3 is 5.32 Å². The van der Waals surface area contributed by atoms with Gasteiger partial charge in [0.05, 0.1) is 24.5 Å². The molecule has 1 aromatic carbocycles. The predicted molar refractivity (Wildman–Crippen MR) is 110 cm³/mol. The lowest BCUT2D eigenvalue weighted by Gasteiger charge is -2.36. The van der Waals surface area contributed by atoms with Gasteiger partial charge in [-0.25, -0.2) is 19.0 Å². The van der Waals surface area contributed by atoms with Crippen molar-refractivity contribution in [2.45, 2.75) is 48.5 Å². The number of rotatable bonds is 6. The third-order valence-electron chi connectivity index (χ3n) is 5.17. The molecule has 2 unspecified atom stereocenters. The monoisotopic (exact) mass is 465 g/mol. The van der Waals surface area contributed by atoms with Crippen LogP contribution < -0.4 is 5.32 Å². The first-order valence-electron chi connectivity index (χ1n) is 9.85. The summed E-state index contributed by atoms with van der Waals surface area (Å²) in [5, 5.41) is 7.50. The minimum atomic E-state index is -4.61. The average molecular weight is 465 g/mol. The van der Waals surface area contributed by atoms with Gasteiger partial charge in [-0.05, 0) is 44.0 Å². The number of aryl methyl sites for hydroxylation is 1. The molecular formula is C21H19F4N5OS. The number of hydrogen-bond donors (Lipinski definition) is 1. The molecule has 168 valence electrons. The molecule has 2 aromatic heterocycles. The lowest BCUT2D eigenvalue weighted by molar-refractivity contribution is -0.145. The van der Waals surface area contributed by atoms with Crippen molar-refractivity contribution in [3.8, 4) is 5.69 Å². The highest BCUT2D eigenvalue weighted by Gasteiger charge is 2.34. The van der Waals surface area contributed by atoms with Crippen LogP contribution in [-0.4, -0.2) is 36.9 Å². The van der Waals surface area contributed by atoms with E-state index in [1.165, 1.54) is 16.8 Å². The van der Waals surface area contributed by atoms with Gasteiger partial charge in [0.2, 0.25) is 11.7 Å². The molecule has 1 aliphatic rings. The fraction of sp³-hybridized carbons (Fsp3) is 0.333. The summed E-state index contributed by atoms with van der Waals surface area (Å²) in [6, 6.07) is 6.30. The molecule has 0 radical (unpaired) electrons. The van der Waals surface area contributed by atoms with Crippen molar-refractivity contribution in [3.05, 3.63) is 65.8 Å². The van der Waals surface area contributed by atoms with E-state index < -0.39 is 12.0 Å². The Labute approximate surface area is 185 Å². The second-order valence-corrected chi connectivity index (χ2v) is 8.80. The van der Waals surface area contributed by atoms with Crippen LogP contribution in [0, 0.1) is 12.7 Å². The number of hydrogen-bond acceptors (Lipinski definition) is 5. The SMILES string of the molecule is Cc1nn(-c2cnc(C(F)(F)F)nc2)cc1CC(=O)NC1CCC1Sc1ccc(F)cc1. The second-order valence-electron chi connectivity index (χ2n) is 7.49. The van der Waals surface area contributed by atoms with E-state index in [2.05, 4.69) is 20.4 Å². The van der Waals surface area contributed by atoms with E-state index in [0.717, 1.165) is 30.1 Å². The number of nitrogens with one attached hydrogen (secondary N) is 1. The van der Waals surface area contributed by atoms with Crippen molar-refractivity contribution < 1.29 is 22.4 Å². The molecule has 1 N–H and O–H groups in total. The number of carbonyl (C=O) groups excluding carboxylic acids is 1. The molecule has 1 fully saturated rings. The molecule has 3 aromatic rings. The molecule has 2 heterocycles. The lowest BCUT2D eigenvalue weighted by atomic mass is 9.92. The van der Waals surface area contributed by atoms with Crippen LogP contribution in [0.3, 0.4) is 0 Å². The molecule has 0 bridgehead atoms. The van der Waals surface area contributed by atoms with Crippen molar-refractivity contribution in [2.24, 2.45) is 0 Å². The highest BCUT2D eigenvalue weighted by molar-refractivity contribution is 8.00. The average Bonchev–Trinajstić information content (AvgIpc) is 3.10. The number of thioether (sulfide) groups is 1. The molecule has 11 heteroatoms. The summed E-state index contributed by atoms with van der Waals surface area (Å²) in [5.41, 5.74) is 1.51. The lowest BCUT2D eigenvalue weighted by Crippen LogP contribution is -2.49. The number of benzene rings is 1.